The first-order valence-corrected chi connectivity index (χ1v) is 7.79. The smallest absolute Gasteiger partial charge is 0.232 e. The van der Waals surface area contributed by atoms with E-state index in [4.69, 9.17) is 16.3 Å². The summed E-state index contributed by atoms with van der Waals surface area (Å²) in [5.74, 6) is 0.489. The molecule has 2 aromatic rings. The van der Waals surface area contributed by atoms with Gasteiger partial charge in [-0.15, -0.1) is 0 Å². The van der Waals surface area contributed by atoms with Crippen LogP contribution in [0.2, 0.25) is 5.02 Å². The van der Waals surface area contributed by atoms with Gasteiger partial charge in [-0.3, -0.25) is 4.79 Å². The molecule has 2 aromatic carbocycles. The lowest BCUT2D eigenvalue weighted by atomic mass is 9.82. The van der Waals surface area contributed by atoms with Crippen molar-refractivity contribution in [2.24, 2.45) is 0 Å². The maximum Gasteiger partial charge on any atom is 0.232 e. The van der Waals surface area contributed by atoms with E-state index >= 15 is 0 Å². The summed E-state index contributed by atoms with van der Waals surface area (Å²) in [5, 5.41) is 3.53. The van der Waals surface area contributed by atoms with Crippen LogP contribution in [0, 0.1) is 0 Å². The molecular weight excluding hydrogens is 298 g/mol. The molecule has 3 nitrogen and oxygen atoms in total. The fraction of sp³-hybridized carbons (Fsp3) is 0.278. The molecule has 0 unspecified atom stereocenters. The Morgan fingerprint density at radius 3 is 2.91 bits per heavy atom. The summed E-state index contributed by atoms with van der Waals surface area (Å²) in [5.41, 5.74) is 3.02. The summed E-state index contributed by atoms with van der Waals surface area (Å²) in [6.45, 7) is 0. The van der Waals surface area contributed by atoms with Crippen LogP contribution >= 0.6 is 11.6 Å². The molecule has 0 saturated carbocycles. The molecule has 0 bridgehead atoms. The van der Waals surface area contributed by atoms with Gasteiger partial charge in [-0.25, -0.2) is 0 Å². The van der Waals surface area contributed by atoms with Gasteiger partial charge in [-0.05, 0) is 48.6 Å². The summed E-state index contributed by atoms with van der Waals surface area (Å²) in [4.78, 5) is 12.7. The van der Waals surface area contributed by atoms with Gasteiger partial charge in [0.15, 0.2) is 0 Å². The second-order valence-electron chi connectivity index (χ2n) is 5.48. The molecule has 4 heteroatoms. The van der Waals surface area contributed by atoms with Gasteiger partial charge in [0.05, 0.1) is 18.7 Å². The number of carbonyl (C=O) groups is 1. The highest BCUT2D eigenvalue weighted by Gasteiger charge is 2.26. The molecule has 0 fully saturated rings. The molecule has 1 aliphatic carbocycles. The van der Waals surface area contributed by atoms with E-state index in [0.29, 0.717) is 16.5 Å². The second-order valence-corrected chi connectivity index (χ2v) is 5.91. The van der Waals surface area contributed by atoms with Gasteiger partial charge >= 0.3 is 0 Å². The Hall–Kier alpha value is -2.00. The number of methoxy groups -OCH3 is 1. The van der Waals surface area contributed by atoms with Crippen molar-refractivity contribution >= 4 is 23.2 Å². The number of hydrogen-bond acceptors (Lipinski definition) is 2. The molecule has 0 aliphatic heterocycles. The van der Waals surface area contributed by atoms with Gasteiger partial charge in [0.25, 0.3) is 0 Å². The van der Waals surface area contributed by atoms with Crippen LogP contribution in [0.1, 0.15) is 29.9 Å². The molecule has 22 heavy (non-hydrogen) atoms. The first-order valence-electron chi connectivity index (χ1n) is 7.41. The zero-order chi connectivity index (χ0) is 15.5. The fourth-order valence-corrected chi connectivity index (χ4v) is 3.20. The standard InChI is InChI=1S/C18H18ClNO2/c1-22-17-10-9-13(19)11-16(17)20-18(21)15-8-4-6-12-5-2-3-7-14(12)15/h2-3,5,7,9-11,15H,4,6,8H2,1H3,(H,20,21)/t15-/m1/s1. The maximum atomic E-state index is 12.7. The Kier molecular flexibility index (Phi) is 4.34. The molecule has 0 saturated heterocycles. The highest BCUT2D eigenvalue weighted by atomic mass is 35.5. The molecular formula is C18H18ClNO2. The topological polar surface area (TPSA) is 38.3 Å². The minimum absolute atomic E-state index is 0.00674. The van der Waals surface area contributed by atoms with Gasteiger partial charge < -0.3 is 10.1 Å². The molecule has 0 radical (unpaired) electrons. The minimum Gasteiger partial charge on any atom is -0.495 e. The number of benzene rings is 2. The van der Waals surface area contributed by atoms with E-state index < -0.39 is 0 Å². The summed E-state index contributed by atoms with van der Waals surface area (Å²) in [6, 6.07) is 13.4. The summed E-state index contributed by atoms with van der Waals surface area (Å²) < 4.78 is 5.28. The van der Waals surface area contributed by atoms with Gasteiger partial charge in [0, 0.05) is 5.02 Å². The Labute approximate surface area is 135 Å². The molecule has 0 heterocycles. The highest BCUT2D eigenvalue weighted by molar-refractivity contribution is 6.31. The molecule has 1 amide bonds. The van der Waals surface area contributed by atoms with Crippen LogP contribution in [0.25, 0.3) is 0 Å². The van der Waals surface area contributed by atoms with Crippen molar-refractivity contribution in [2.75, 3.05) is 12.4 Å². The molecule has 114 valence electrons. The van der Waals surface area contributed by atoms with Gasteiger partial charge in [0.2, 0.25) is 5.91 Å². The fourth-order valence-electron chi connectivity index (χ4n) is 3.02. The number of hydrogen-bond donors (Lipinski definition) is 1. The first-order chi connectivity index (χ1) is 10.7. The minimum atomic E-state index is -0.117. The van der Waals surface area contributed by atoms with E-state index in [1.165, 1.54) is 5.56 Å². The third-order valence-corrected chi connectivity index (χ3v) is 4.34. The van der Waals surface area contributed by atoms with Crippen LogP contribution in [0.5, 0.6) is 5.75 Å². The van der Waals surface area contributed by atoms with Crippen LogP contribution in [0.15, 0.2) is 42.5 Å². The summed E-state index contributed by atoms with van der Waals surface area (Å²) in [6.07, 6.45) is 2.94. The lowest BCUT2D eigenvalue weighted by molar-refractivity contribution is -0.117. The molecule has 0 aromatic heterocycles. The number of aryl methyl sites for hydroxylation is 1. The maximum absolute atomic E-state index is 12.7. The van der Waals surface area contributed by atoms with E-state index in [2.05, 4.69) is 11.4 Å². The van der Waals surface area contributed by atoms with Crippen molar-refractivity contribution in [2.45, 2.75) is 25.2 Å². The van der Waals surface area contributed by atoms with E-state index in [1.807, 2.05) is 18.2 Å². The van der Waals surface area contributed by atoms with E-state index in [1.54, 1.807) is 25.3 Å². The van der Waals surface area contributed by atoms with Crippen LogP contribution in [-0.4, -0.2) is 13.0 Å². The predicted molar refractivity (Wildman–Crippen MR) is 88.8 cm³/mol. The summed E-state index contributed by atoms with van der Waals surface area (Å²) in [7, 11) is 1.58. The normalized spacial score (nSPS) is 16.7. The highest BCUT2D eigenvalue weighted by Crippen LogP contribution is 2.34. The summed E-state index contributed by atoms with van der Waals surface area (Å²) >= 11 is 6.02. The van der Waals surface area contributed by atoms with Gasteiger partial charge in [-0.1, -0.05) is 35.9 Å². The van der Waals surface area contributed by atoms with Crippen molar-refractivity contribution in [1.29, 1.82) is 0 Å². The predicted octanol–water partition coefficient (Wildman–Crippen LogP) is 4.41. The van der Waals surface area contributed by atoms with E-state index in [-0.39, 0.29) is 11.8 Å². The molecule has 1 atom stereocenters. The Balaban J connectivity index is 1.86. The number of amides is 1. The number of anilines is 1. The van der Waals surface area contributed by atoms with Crippen LogP contribution in [-0.2, 0) is 11.2 Å². The third kappa shape index (κ3) is 2.95. The van der Waals surface area contributed by atoms with Crippen molar-refractivity contribution in [3.8, 4) is 5.75 Å². The van der Waals surface area contributed by atoms with Gasteiger partial charge in [-0.2, -0.15) is 0 Å². The molecule has 1 aliphatic rings. The van der Waals surface area contributed by atoms with E-state index in [0.717, 1.165) is 24.8 Å². The molecule has 1 N–H and O–H groups in total. The number of halogens is 1. The first kappa shape index (κ1) is 14.9. The van der Waals surface area contributed by atoms with Crippen LogP contribution in [0.3, 0.4) is 0 Å². The number of nitrogens with one attached hydrogen (secondary N) is 1. The third-order valence-electron chi connectivity index (χ3n) is 4.11. The largest absolute Gasteiger partial charge is 0.495 e. The monoisotopic (exact) mass is 315 g/mol. The zero-order valence-corrected chi connectivity index (χ0v) is 13.2. The van der Waals surface area contributed by atoms with E-state index in [9.17, 15) is 4.79 Å². The van der Waals surface area contributed by atoms with Crippen LogP contribution < -0.4 is 10.1 Å². The zero-order valence-electron chi connectivity index (χ0n) is 12.4. The van der Waals surface area contributed by atoms with Crippen molar-refractivity contribution < 1.29 is 9.53 Å². The Bertz CT molecular complexity index is 699. The number of fused-ring (bicyclic) bond motifs is 1. The molecule has 3 rings (SSSR count). The SMILES string of the molecule is COc1ccc(Cl)cc1NC(=O)[C@@H]1CCCc2ccccc21. The lowest BCUT2D eigenvalue weighted by Crippen LogP contribution is -2.24. The Morgan fingerprint density at radius 2 is 2.09 bits per heavy atom. The van der Waals surface area contributed by atoms with Crippen molar-refractivity contribution in [3.63, 3.8) is 0 Å². The Morgan fingerprint density at radius 1 is 1.27 bits per heavy atom. The number of ether oxygens (including phenoxy) is 1. The van der Waals surface area contributed by atoms with Crippen molar-refractivity contribution in [1.82, 2.24) is 0 Å². The van der Waals surface area contributed by atoms with Gasteiger partial charge in [0.1, 0.15) is 5.75 Å². The quantitative estimate of drug-likeness (QED) is 0.911. The number of carbonyl (C=O) groups excluding carboxylic acids is 1. The average Bonchev–Trinajstić information content (AvgIpc) is 2.54. The average molecular weight is 316 g/mol. The second kappa shape index (κ2) is 6.41. The van der Waals surface area contributed by atoms with Crippen molar-refractivity contribution in [3.05, 3.63) is 58.6 Å². The number of rotatable bonds is 3. The lowest BCUT2D eigenvalue weighted by Gasteiger charge is -2.25. The van der Waals surface area contributed by atoms with Crippen LogP contribution in [0.4, 0.5) is 5.69 Å². The molecule has 0 spiro atoms.